The van der Waals surface area contributed by atoms with Crippen molar-refractivity contribution >= 4 is 35.4 Å². The molecule has 0 saturated heterocycles. The number of carboxylic acid groups (broad SMARTS) is 1. The van der Waals surface area contributed by atoms with Crippen molar-refractivity contribution < 1.29 is 14.6 Å². The highest BCUT2D eigenvalue weighted by atomic mass is 35.5. The van der Waals surface area contributed by atoms with Crippen molar-refractivity contribution in [3.63, 3.8) is 0 Å². The van der Waals surface area contributed by atoms with Gasteiger partial charge in [-0.05, 0) is 65.9 Å². The van der Waals surface area contributed by atoms with Gasteiger partial charge in [0.1, 0.15) is 17.3 Å². The average molecular weight is 489 g/mol. The zero-order valence-electron chi connectivity index (χ0n) is 17.6. The quantitative estimate of drug-likeness (QED) is 0.238. The van der Waals surface area contributed by atoms with Gasteiger partial charge in [-0.15, -0.1) is 5.10 Å². The molecular formula is C25H17ClN4O3S. The van der Waals surface area contributed by atoms with Crippen LogP contribution in [-0.4, -0.2) is 26.3 Å². The highest BCUT2D eigenvalue weighted by Crippen LogP contribution is 2.28. The number of thioether (sulfide) groups is 1. The predicted octanol–water partition coefficient (Wildman–Crippen LogP) is 5.79. The molecule has 1 heterocycles. The van der Waals surface area contributed by atoms with E-state index in [4.69, 9.17) is 16.3 Å². The summed E-state index contributed by atoms with van der Waals surface area (Å²) in [7, 11) is 0. The van der Waals surface area contributed by atoms with Crippen LogP contribution in [0.2, 0.25) is 5.02 Å². The van der Waals surface area contributed by atoms with Gasteiger partial charge >= 0.3 is 5.97 Å². The molecule has 7 nitrogen and oxygen atoms in total. The van der Waals surface area contributed by atoms with Crippen molar-refractivity contribution in [3.05, 3.63) is 99.4 Å². The lowest BCUT2D eigenvalue weighted by molar-refractivity contribution is -0.131. The van der Waals surface area contributed by atoms with Crippen LogP contribution >= 0.6 is 23.4 Å². The fourth-order valence-electron chi connectivity index (χ4n) is 2.99. The average Bonchev–Trinajstić information content (AvgIpc) is 3.32. The van der Waals surface area contributed by atoms with E-state index in [0.29, 0.717) is 27.7 Å². The van der Waals surface area contributed by atoms with Crippen LogP contribution in [0.15, 0.2) is 82.9 Å². The Hall–Kier alpha value is -4.06. The first-order valence-corrected chi connectivity index (χ1v) is 11.2. The van der Waals surface area contributed by atoms with Gasteiger partial charge in [0.25, 0.3) is 0 Å². The molecule has 0 radical (unpaired) electrons. The van der Waals surface area contributed by atoms with E-state index in [1.807, 2.05) is 12.1 Å². The van der Waals surface area contributed by atoms with Crippen LogP contribution in [0.1, 0.15) is 16.7 Å². The molecule has 0 aliphatic carbocycles. The number of hydrogen-bond donors (Lipinski definition) is 2. The van der Waals surface area contributed by atoms with Crippen LogP contribution < -0.4 is 4.74 Å². The van der Waals surface area contributed by atoms with E-state index in [1.165, 1.54) is 0 Å². The molecule has 0 fully saturated rings. The van der Waals surface area contributed by atoms with Gasteiger partial charge in [-0.3, -0.25) is 5.10 Å². The Balaban J connectivity index is 1.44. The molecule has 9 heteroatoms. The number of H-pyrrole nitrogens is 1. The smallest absolute Gasteiger partial charge is 0.342 e. The fourth-order valence-corrected chi connectivity index (χ4v) is 3.82. The van der Waals surface area contributed by atoms with Crippen molar-refractivity contribution in [1.82, 2.24) is 15.2 Å². The number of aromatic amines is 1. The number of halogens is 1. The zero-order chi connectivity index (χ0) is 23.9. The maximum Gasteiger partial charge on any atom is 0.342 e. The Kier molecular flexibility index (Phi) is 7.28. The molecule has 4 aromatic rings. The van der Waals surface area contributed by atoms with E-state index in [2.05, 4.69) is 21.3 Å². The molecular weight excluding hydrogens is 472 g/mol. The molecule has 0 atom stereocenters. The van der Waals surface area contributed by atoms with E-state index in [-0.39, 0.29) is 16.7 Å². The molecule has 0 bridgehead atoms. The third-order valence-corrected chi connectivity index (χ3v) is 5.83. The summed E-state index contributed by atoms with van der Waals surface area (Å²) in [6.45, 7) is 0.260. The Morgan fingerprint density at radius 3 is 2.56 bits per heavy atom. The summed E-state index contributed by atoms with van der Waals surface area (Å²) in [4.78, 5) is 16.2. The second-order valence-electron chi connectivity index (χ2n) is 7.02. The Labute approximate surface area is 204 Å². The van der Waals surface area contributed by atoms with Gasteiger partial charge in [-0.25, -0.2) is 9.78 Å². The molecule has 3 aromatic carbocycles. The van der Waals surface area contributed by atoms with Gasteiger partial charge in [0.05, 0.1) is 11.6 Å². The Bertz CT molecular complexity index is 1380. The first-order chi connectivity index (χ1) is 16.5. The third-order valence-electron chi connectivity index (χ3n) is 4.70. The maximum atomic E-state index is 11.8. The van der Waals surface area contributed by atoms with Crippen molar-refractivity contribution in [2.45, 2.75) is 11.8 Å². The van der Waals surface area contributed by atoms with Gasteiger partial charge in [-0.1, -0.05) is 41.9 Å². The SMILES string of the molecule is N#Cc1ccccc1COc1ccc(/C=C(\Sc2n[nH]c(-c3ccc(Cl)cc3)n2)C(=O)O)cc1. The van der Waals surface area contributed by atoms with Gasteiger partial charge < -0.3 is 9.84 Å². The summed E-state index contributed by atoms with van der Waals surface area (Å²) in [6.07, 6.45) is 1.54. The molecule has 34 heavy (non-hydrogen) atoms. The number of aliphatic carboxylic acids is 1. The normalized spacial score (nSPS) is 11.1. The fraction of sp³-hybridized carbons (Fsp3) is 0.0400. The van der Waals surface area contributed by atoms with E-state index in [0.717, 1.165) is 22.9 Å². The third kappa shape index (κ3) is 5.84. The number of nitriles is 1. The lowest BCUT2D eigenvalue weighted by Crippen LogP contribution is -1.98. The summed E-state index contributed by atoms with van der Waals surface area (Å²) < 4.78 is 5.76. The van der Waals surface area contributed by atoms with Crippen LogP contribution in [0.4, 0.5) is 0 Å². The first-order valence-electron chi connectivity index (χ1n) is 10.0. The largest absolute Gasteiger partial charge is 0.489 e. The van der Waals surface area contributed by atoms with E-state index in [1.54, 1.807) is 66.7 Å². The lowest BCUT2D eigenvalue weighted by atomic mass is 10.1. The van der Waals surface area contributed by atoms with Gasteiger partial charge in [0.2, 0.25) is 5.16 Å². The minimum atomic E-state index is -1.09. The Morgan fingerprint density at radius 1 is 1.12 bits per heavy atom. The monoisotopic (exact) mass is 488 g/mol. The standard InChI is InChI=1S/C25H17ClN4O3S/c26-20-9-7-17(8-10-20)23-28-25(30-29-23)34-22(24(31)32)13-16-5-11-21(12-6-16)33-15-19-4-2-1-3-18(19)14-27/h1-13H,15H2,(H,31,32)(H,28,29,30)/b22-13-. The molecule has 1 aromatic heterocycles. The predicted molar refractivity (Wildman–Crippen MR) is 130 cm³/mol. The topological polar surface area (TPSA) is 112 Å². The molecule has 4 rings (SSSR count). The van der Waals surface area contributed by atoms with Crippen LogP contribution in [-0.2, 0) is 11.4 Å². The molecule has 0 spiro atoms. The number of nitrogens with zero attached hydrogens (tertiary/aromatic N) is 3. The van der Waals surface area contributed by atoms with Crippen LogP contribution in [0.5, 0.6) is 5.75 Å². The van der Waals surface area contributed by atoms with Gasteiger partial charge in [-0.2, -0.15) is 5.26 Å². The molecule has 0 saturated carbocycles. The summed E-state index contributed by atoms with van der Waals surface area (Å²) in [5.74, 6) is 0.0376. The molecule has 0 aliphatic rings. The number of carbonyl (C=O) groups is 1. The lowest BCUT2D eigenvalue weighted by Gasteiger charge is -2.08. The molecule has 2 N–H and O–H groups in total. The van der Waals surface area contributed by atoms with E-state index < -0.39 is 5.97 Å². The van der Waals surface area contributed by atoms with Crippen LogP contribution in [0.25, 0.3) is 17.5 Å². The summed E-state index contributed by atoms with van der Waals surface area (Å²) in [6, 6.07) is 23.5. The highest BCUT2D eigenvalue weighted by molar-refractivity contribution is 8.04. The van der Waals surface area contributed by atoms with Crippen LogP contribution in [0.3, 0.4) is 0 Å². The summed E-state index contributed by atoms with van der Waals surface area (Å²) >= 11 is 6.86. The zero-order valence-corrected chi connectivity index (χ0v) is 19.2. The number of carboxylic acids is 1. The van der Waals surface area contributed by atoms with E-state index >= 15 is 0 Å². The minimum absolute atomic E-state index is 0.0678. The minimum Gasteiger partial charge on any atom is -0.489 e. The molecule has 0 unspecified atom stereocenters. The number of ether oxygens (including phenoxy) is 1. The Morgan fingerprint density at radius 2 is 1.85 bits per heavy atom. The number of benzene rings is 3. The van der Waals surface area contributed by atoms with Crippen molar-refractivity contribution in [3.8, 4) is 23.2 Å². The number of hydrogen-bond acceptors (Lipinski definition) is 6. The maximum absolute atomic E-state index is 11.8. The number of rotatable bonds is 8. The van der Waals surface area contributed by atoms with Crippen molar-refractivity contribution in [2.24, 2.45) is 0 Å². The second-order valence-corrected chi connectivity index (χ2v) is 8.46. The van der Waals surface area contributed by atoms with Gasteiger partial charge in [0, 0.05) is 16.1 Å². The molecule has 0 aliphatic heterocycles. The van der Waals surface area contributed by atoms with Crippen molar-refractivity contribution in [2.75, 3.05) is 0 Å². The van der Waals surface area contributed by atoms with Crippen molar-refractivity contribution in [1.29, 1.82) is 5.26 Å². The molecule has 168 valence electrons. The van der Waals surface area contributed by atoms with Crippen LogP contribution in [0, 0.1) is 11.3 Å². The number of nitrogens with one attached hydrogen (secondary N) is 1. The number of aromatic nitrogens is 3. The molecule has 0 amide bonds. The van der Waals surface area contributed by atoms with Gasteiger partial charge in [0.15, 0.2) is 5.82 Å². The summed E-state index contributed by atoms with van der Waals surface area (Å²) in [5, 5.41) is 26.6. The first kappa shape index (κ1) is 23.1. The highest BCUT2D eigenvalue weighted by Gasteiger charge is 2.14. The summed E-state index contributed by atoms with van der Waals surface area (Å²) in [5.41, 5.74) is 2.83. The second kappa shape index (κ2) is 10.7. The van der Waals surface area contributed by atoms with E-state index in [9.17, 15) is 15.2 Å².